The molecule has 0 amide bonds. The highest BCUT2D eigenvalue weighted by Crippen LogP contribution is 2.20. The molecule has 0 saturated heterocycles. The summed E-state index contributed by atoms with van der Waals surface area (Å²) in [5, 5.41) is 3.39. The van der Waals surface area contributed by atoms with Gasteiger partial charge in [0.25, 0.3) is 0 Å². The number of rotatable bonds is 8. The zero-order valence-corrected chi connectivity index (χ0v) is 13.3. The van der Waals surface area contributed by atoms with E-state index < -0.39 is 0 Å². The van der Waals surface area contributed by atoms with Crippen molar-refractivity contribution in [2.45, 2.75) is 46.0 Å². The molecule has 0 atom stereocenters. The molecule has 1 rings (SSSR count). The first-order chi connectivity index (χ1) is 9.06. The highest BCUT2D eigenvalue weighted by atomic mass is 32.2. The second kappa shape index (κ2) is 8.25. The van der Waals surface area contributed by atoms with Gasteiger partial charge in [0.2, 0.25) is 0 Å². The van der Waals surface area contributed by atoms with E-state index in [1.807, 2.05) is 18.7 Å². The van der Waals surface area contributed by atoms with Crippen molar-refractivity contribution in [2.24, 2.45) is 0 Å². The molecule has 0 aliphatic carbocycles. The van der Waals surface area contributed by atoms with Crippen LogP contribution in [0.25, 0.3) is 0 Å². The summed E-state index contributed by atoms with van der Waals surface area (Å²) in [4.78, 5) is 8.89. The van der Waals surface area contributed by atoms with Crippen molar-refractivity contribution in [3.05, 3.63) is 11.4 Å². The molecule has 0 fully saturated rings. The maximum absolute atomic E-state index is 5.94. The number of nitrogens with zero attached hydrogens (tertiary/aromatic N) is 2. The summed E-state index contributed by atoms with van der Waals surface area (Å²) >= 11 is 1.91. The zero-order chi connectivity index (χ0) is 14.3. The van der Waals surface area contributed by atoms with Crippen molar-refractivity contribution in [2.75, 3.05) is 29.6 Å². The van der Waals surface area contributed by atoms with Crippen LogP contribution < -0.4 is 11.1 Å². The molecule has 0 aromatic carbocycles. The second-order valence-corrected chi connectivity index (χ2v) is 6.06. The second-order valence-electron chi connectivity index (χ2n) is 5.08. The van der Waals surface area contributed by atoms with Crippen molar-refractivity contribution in [1.29, 1.82) is 0 Å². The Labute approximate surface area is 121 Å². The van der Waals surface area contributed by atoms with Crippen molar-refractivity contribution >= 4 is 23.4 Å². The van der Waals surface area contributed by atoms with Crippen molar-refractivity contribution < 1.29 is 0 Å². The zero-order valence-electron chi connectivity index (χ0n) is 12.5. The Hall–Kier alpha value is -0.970. The van der Waals surface area contributed by atoms with Gasteiger partial charge in [0.05, 0.1) is 0 Å². The number of nitrogens with one attached hydrogen (secondary N) is 1. The third-order valence-electron chi connectivity index (χ3n) is 3.03. The lowest BCUT2D eigenvalue weighted by Gasteiger charge is -2.13. The van der Waals surface area contributed by atoms with Gasteiger partial charge in [0, 0.05) is 18.0 Å². The van der Waals surface area contributed by atoms with Gasteiger partial charge in [-0.25, -0.2) is 9.97 Å². The third kappa shape index (κ3) is 5.27. The van der Waals surface area contributed by atoms with Gasteiger partial charge in [-0.1, -0.05) is 20.3 Å². The van der Waals surface area contributed by atoms with Gasteiger partial charge in [0.1, 0.15) is 17.5 Å². The predicted octanol–water partition coefficient (Wildman–Crippen LogP) is 3.44. The maximum atomic E-state index is 5.94. The first kappa shape index (κ1) is 16.1. The molecular formula is C14H26N4S. The smallest absolute Gasteiger partial charge is 0.135 e. The fourth-order valence-electron chi connectivity index (χ4n) is 1.74. The third-order valence-corrected chi connectivity index (χ3v) is 3.73. The van der Waals surface area contributed by atoms with Crippen molar-refractivity contribution in [1.82, 2.24) is 9.97 Å². The molecule has 3 N–H and O–H groups in total. The Bertz CT molecular complexity index is 393. The van der Waals surface area contributed by atoms with Crippen LogP contribution in [0.3, 0.4) is 0 Å². The summed E-state index contributed by atoms with van der Waals surface area (Å²) in [7, 11) is 0. The van der Waals surface area contributed by atoms with Gasteiger partial charge in [-0.2, -0.15) is 11.8 Å². The molecule has 0 radical (unpaired) electrons. The molecule has 5 heteroatoms. The van der Waals surface area contributed by atoms with Crippen LogP contribution in [0.1, 0.15) is 50.4 Å². The lowest BCUT2D eigenvalue weighted by Crippen LogP contribution is -2.11. The summed E-state index contributed by atoms with van der Waals surface area (Å²) in [6, 6.07) is 0. The Morgan fingerprint density at radius 2 is 1.95 bits per heavy atom. The molecule has 0 unspecified atom stereocenters. The number of thioether (sulfide) groups is 1. The summed E-state index contributed by atoms with van der Waals surface area (Å²) in [5.74, 6) is 3.83. The molecule has 1 aromatic rings. The molecule has 1 aromatic heterocycles. The number of aromatic nitrogens is 2. The van der Waals surface area contributed by atoms with E-state index in [0.29, 0.717) is 11.7 Å². The monoisotopic (exact) mass is 282 g/mol. The van der Waals surface area contributed by atoms with Crippen molar-refractivity contribution in [3.8, 4) is 0 Å². The number of hydrogen-bond donors (Lipinski definition) is 2. The van der Waals surface area contributed by atoms with Gasteiger partial charge >= 0.3 is 0 Å². The molecule has 19 heavy (non-hydrogen) atoms. The van der Waals surface area contributed by atoms with Gasteiger partial charge in [-0.15, -0.1) is 0 Å². The number of hydrogen-bond acceptors (Lipinski definition) is 5. The van der Waals surface area contributed by atoms with E-state index in [1.54, 1.807) is 0 Å². The fraction of sp³-hybridized carbons (Fsp3) is 0.714. The van der Waals surface area contributed by atoms with Gasteiger partial charge in [-0.3, -0.25) is 0 Å². The Morgan fingerprint density at radius 3 is 2.58 bits per heavy atom. The summed E-state index contributed by atoms with van der Waals surface area (Å²) in [5.41, 5.74) is 6.89. The van der Waals surface area contributed by atoms with Gasteiger partial charge in [-0.05, 0) is 31.8 Å². The van der Waals surface area contributed by atoms with Crippen LogP contribution in [0, 0.1) is 6.92 Å². The van der Waals surface area contributed by atoms with Crippen molar-refractivity contribution in [3.63, 3.8) is 0 Å². The topological polar surface area (TPSA) is 63.8 Å². The number of nitrogens with two attached hydrogens (primary N) is 1. The minimum absolute atomic E-state index is 0.296. The Kier molecular flexibility index (Phi) is 6.99. The van der Waals surface area contributed by atoms with E-state index in [2.05, 4.69) is 35.4 Å². The maximum Gasteiger partial charge on any atom is 0.135 e. The van der Waals surface area contributed by atoms with Crippen LogP contribution in [0.15, 0.2) is 0 Å². The summed E-state index contributed by atoms with van der Waals surface area (Å²) in [6.07, 6.45) is 5.86. The quantitative estimate of drug-likeness (QED) is 0.715. The standard InChI is InChI=1S/C14H26N4S/c1-10(2)13-17-12(15)11(3)14(18-13)16-8-6-5-7-9-19-4/h10H,5-9H2,1-4H3,(H3,15,16,17,18). The van der Waals surface area contributed by atoms with Gasteiger partial charge in [0.15, 0.2) is 0 Å². The molecule has 0 aliphatic heterocycles. The molecular weight excluding hydrogens is 256 g/mol. The molecule has 0 spiro atoms. The lowest BCUT2D eigenvalue weighted by molar-refractivity contribution is 0.741. The van der Waals surface area contributed by atoms with E-state index in [9.17, 15) is 0 Å². The molecule has 0 aliphatic rings. The minimum Gasteiger partial charge on any atom is -0.383 e. The summed E-state index contributed by atoms with van der Waals surface area (Å²) in [6.45, 7) is 7.07. The van der Waals surface area contributed by atoms with Gasteiger partial charge < -0.3 is 11.1 Å². The van der Waals surface area contributed by atoms with E-state index >= 15 is 0 Å². The highest BCUT2D eigenvalue weighted by molar-refractivity contribution is 7.98. The Morgan fingerprint density at radius 1 is 1.21 bits per heavy atom. The van der Waals surface area contributed by atoms with E-state index in [1.165, 1.54) is 25.0 Å². The van der Waals surface area contributed by atoms with E-state index in [-0.39, 0.29) is 0 Å². The first-order valence-electron chi connectivity index (χ1n) is 6.93. The molecule has 4 nitrogen and oxygen atoms in total. The van der Waals surface area contributed by atoms with Crippen LogP contribution in [-0.4, -0.2) is 28.5 Å². The number of nitrogen functional groups attached to an aromatic ring is 1. The molecule has 108 valence electrons. The van der Waals surface area contributed by atoms with Crippen LogP contribution in [0.4, 0.5) is 11.6 Å². The molecule has 0 bridgehead atoms. The Balaban J connectivity index is 2.52. The molecule has 1 heterocycles. The van der Waals surface area contributed by atoms with E-state index in [0.717, 1.165) is 23.8 Å². The molecule has 0 saturated carbocycles. The van der Waals surface area contributed by atoms with Crippen LogP contribution in [0.2, 0.25) is 0 Å². The average molecular weight is 282 g/mol. The SMILES string of the molecule is CSCCCCCNc1nc(C(C)C)nc(N)c1C. The number of unbranched alkanes of at least 4 members (excludes halogenated alkanes) is 2. The highest BCUT2D eigenvalue weighted by Gasteiger charge is 2.10. The largest absolute Gasteiger partial charge is 0.383 e. The first-order valence-corrected chi connectivity index (χ1v) is 8.32. The lowest BCUT2D eigenvalue weighted by atomic mass is 10.2. The average Bonchev–Trinajstić information content (AvgIpc) is 2.37. The van der Waals surface area contributed by atoms with Crippen LogP contribution in [-0.2, 0) is 0 Å². The van der Waals surface area contributed by atoms with Crippen LogP contribution >= 0.6 is 11.8 Å². The minimum atomic E-state index is 0.296. The normalized spacial score (nSPS) is 11.0. The number of anilines is 2. The summed E-state index contributed by atoms with van der Waals surface area (Å²) < 4.78 is 0. The van der Waals surface area contributed by atoms with E-state index in [4.69, 9.17) is 5.73 Å². The fourth-order valence-corrected chi connectivity index (χ4v) is 2.23. The van der Waals surface area contributed by atoms with Crippen LogP contribution in [0.5, 0.6) is 0 Å². The predicted molar refractivity (Wildman–Crippen MR) is 86.0 cm³/mol.